The molecule has 0 unspecified atom stereocenters. The monoisotopic (exact) mass is 741 g/mol. The number of halogens is 2. The van der Waals surface area contributed by atoms with Gasteiger partial charge in [0.1, 0.15) is 0 Å². The summed E-state index contributed by atoms with van der Waals surface area (Å²) in [4.78, 5) is 0. The van der Waals surface area contributed by atoms with Crippen molar-refractivity contribution in [2.75, 3.05) is 26.2 Å². The fourth-order valence-corrected chi connectivity index (χ4v) is 48.3. The third kappa shape index (κ3) is 6.69. The molecular weight excluding hydrogens is 690 g/mol. The molecule has 0 radical (unpaired) electrons. The maximum absolute atomic E-state index is 4.18. The number of hydrogen-bond donors (Lipinski definition) is 0. The topological polar surface area (TPSA) is 6.48 Å². The largest absolute Gasteiger partial charge is 1.00 e. The molecule has 0 aromatic heterocycles. The molecule has 2 nitrogen and oxygen atoms in total. The van der Waals surface area contributed by atoms with Crippen LogP contribution in [0.2, 0.25) is 0 Å². The van der Waals surface area contributed by atoms with Crippen LogP contribution in [0.1, 0.15) is 69.2 Å². The fourth-order valence-electron chi connectivity index (χ4n) is 6.46. The molecule has 2 rings (SSSR count). The van der Waals surface area contributed by atoms with Gasteiger partial charge in [-0.25, -0.2) is 0 Å². The molecule has 0 fully saturated rings. The van der Waals surface area contributed by atoms with Gasteiger partial charge >= 0.3 is 233 Å². The minimum absolute atomic E-state index is 0. The molecule has 0 N–H and O–H groups in total. The first-order valence-corrected chi connectivity index (χ1v) is 24.8. The van der Waals surface area contributed by atoms with Crippen molar-refractivity contribution >= 4 is 6.31 Å². The van der Waals surface area contributed by atoms with Crippen LogP contribution in [0.3, 0.4) is 0 Å². The van der Waals surface area contributed by atoms with Gasteiger partial charge in [0.2, 0.25) is 0 Å². The van der Waals surface area contributed by atoms with E-state index in [1.807, 2.05) is 6.66 Å². The zero-order valence-electron chi connectivity index (χ0n) is 25.7. The average molecular weight is 741 g/mol. The number of rotatable bonds is 13. The summed E-state index contributed by atoms with van der Waals surface area (Å²) in [6.07, 6.45) is 6.70. The summed E-state index contributed by atoms with van der Waals surface area (Å²) in [5.74, 6) is 0. The van der Waals surface area contributed by atoms with Gasteiger partial charge in [-0.15, -0.1) is 0 Å². The van der Waals surface area contributed by atoms with Gasteiger partial charge in [0.15, 0.2) is 0 Å². The molecule has 2 aliphatic rings. The van der Waals surface area contributed by atoms with Gasteiger partial charge in [0.05, 0.1) is 0 Å². The first-order valence-electron chi connectivity index (χ1n) is 13.3. The van der Waals surface area contributed by atoms with E-state index in [0.29, 0.717) is 0 Å². The predicted molar refractivity (Wildman–Crippen MR) is 161 cm³/mol. The van der Waals surface area contributed by atoms with E-state index in [0.717, 1.165) is 26.2 Å². The second-order valence-electron chi connectivity index (χ2n) is 11.6. The van der Waals surface area contributed by atoms with E-state index in [2.05, 4.69) is 129 Å². The van der Waals surface area contributed by atoms with E-state index >= 15 is 0 Å². The molecule has 0 aromatic rings. The molecule has 0 aromatic carbocycles. The minimum atomic E-state index is -2.84. The Morgan fingerprint density at radius 1 is 0.579 bits per heavy atom. The van der Waals surface area contributed by atoms with E-state index in [1.54, 1.807) is 22.3 Å². The third-order valence-electron chi connectivity index (χ3n) is 9.07. The Kier molecular flexibility index (Phi) is 14.7. The van der Waals surface area contributed by atoms with Crippen molar-refractivity contribution in [3.63, 3.8) is 0 Å². The Morgan fingerprint density at radius 2 is 0.842 bits per heavy atom. The van der Waals surface area contributed by atoms with Gasteiger partial charge in [-0.2, -0.15) is 0 Å². The van der Waals surface area contributed by atoms with E-state index in [4.69, 9.17) is 0 Å². The van der Waals surface area contributed by atoms with Crippen molar-refractivity contribution in [3.8, 4) is 0 Å². The molecule has 0 bridgehead atoms. The van der Waals surface area contributed by atoms with Crippen molar-refractivity contribution in [1.29, 1.82) is 0 Å². The molecule has 0 saturated carbocycles. The zero-order valence-corrected chi connectivity index (χ0v) is 32.0. The van der Waals surface area contributed by atoms with Crippen LogP contribution < -0.4 is 24.8 Å². The number of nitrogens with zero attached hydrogens (tertiary/aromatic N) is 2. The van der Waals surface area contributed by atoms with Crippen LogP contribution in [0, 0.1) is 10.8 Å². The second-order valence-corrected chi connectivity index (χ2v) is 30.7. The summed E-state index contributed by atoms with van der Waals surface area (Å²) >= 11 is -2.84. The summed E-state index contributed by atoms with van der Waals surface area (Å²) in [6.45, 7) is 44.6. The molecule has 0 spiro atoms. The van der Waals surface area contributed by atoms with Gasteiger partial charge < -0.3 is 24.8 Å². The van der Waals surface area contributed by atoms with E-state index in [9.17, 15) is 0 Å². The van der Waals surface area contributed by atoms with Crippen LogP contribution in [-0.2, 0) is 20.6 Å². The smallest absolute Gasteiger partial charge is 1.00 e. The maximum Gasteiger partial charge on any atom is -1.00 e. The Balaban J connectivity index is 0.00000684. The van der Waals surface area contributed by atoms with E-state index in [1.165, 1.54) is 11.1 Å². The number of hydrogen-bond acceptors (Lipinski definition) is 2. The van der Waals surface area contributed by atoms with Crippen LogP contribution in [0.25, 0.3) is 0 Å². The maximum atomic E-state index is 4.18. The Bertz CT molecular complexity index is 959. The van der Waals surface area contributed by atoms with Gasteiger partial charge in [-0.1, -0.05) is 0 Å². The molecular formula is C32H51Cl2HfN2Si. The first-order chi connectivity index (χ1) is 16.7. The Hall–Kier alpha value is -0.493. The fraction of sp³-hybridized carbons (Fsp3) is 0.500. The minimum Gasteiger partial charge on any atom is -1.00 e. The van der Waals surface area contributed by atoms with Crippen LogP contribution in [0.5, 0.6) is 0 Å². The molecule has 38 heavy (non-hydrogen) atoms. The predicted octanol–water partition coefficient (Wildman–Crippen LogP) is 1.98. The molecule has 0 amide bonds. The van der Waals surface area contributed by atoms with Crippen molar-refractivity contribution in [3.05, 3.63) is 90.7 Å². The van der Waals surface area contributed by atoms with Crippen molar-refractivity contribution in [2.45, 2.75) is 69.2 Å². The SMILES string of the molecule is C=CCN(CC=C)[SiH](N(CC=C)CC=C)[Hf+2]([C]1=C(C)C(C)=C(C)C1(C)C)[C]1=C(C)C(C)=C(C)C1(C)C.[Cl-].[Cl-]. The summed E-state index contributed by atoms with van der Waals surface area (Å²) in [5, 5.41) is 0. The Labute approximate surface area is 256 Å². The third-order valence-corrected chi connectivity index (χ3v) is 41.0. The van der Waals surface area contributed by atoms with E-state index < -0.39 is 26.9 Å². The molecule has 0 atom stereocenters. The standard InChI is InChI=1S/C12H21N2Si.2C10H15.2ClH.Hf/c1-5-9-13(10-6-2)15-14(11-7-3)12-8-4;2*1-7-6-10(4,5)9(3)8(7)2;;;/h5-8,15H,1-4,9-12H2;2*1-5H3;2*1H;/q;;;;;+2/p-2. The summed E-state index contributed by atoms with van der Waals surface area (Å²) in [6, 6.07) is 0. The summed E-state index contributed by atoms with van der Waals surface area (Å²) in [7, 11) is 0. The molecule has 0 aliphatic heterocycles. The van der Waals surface area contributed by atoms with Crippen LogP contribution in [0.15, 0.2) is 90.7 Å². The molecule has 0 heterocycles. The number of allylic oxidation sites excluding steroid dienone is 8. The van der Waals surface area contributed by atoms with Crippen LogP contribution in [0.4, 0.5) is 0 Å². The van der Waals surface area contributed by atoms with Gasteiger partial charge in [0.25, 0.3) is 0 Å². The zero-order chi connectivity index (χ0) is 27.6. The second kappa shape index (κ2) is 14.9. The normalized spacial score (nSPS) is 18.3. The summed E-state index contributed by atoms with van der Waals surface area (Å²) in [5.41, 5.74) is 9.47. The Morgan fingerprint density at radius 3 is 1.03 bits per heavy atom. The van der Waals surface area contributed by atoms with Crippen LogP contribution in [-0.4, -0.2) is 41.6 Å². The van der Waals surface area contributed by atoms with Gasteiger partial charge in [-0.3, -0.25) is 0 Å². The van der Waals surface area contributed by atoms with Crippen molar-refractivity contribution < 1.29 is 45.4 Å². The van der Waals surface area contributed by atoms with Gasteiger partial charge in [-0.05, 0) is 0 Å². The molecule has 6 heteroatoms. The van der Waals surface area contributed by atoms with Gasteiger partial charge in [0, 0.05) is 0 Å². The van der Waals surface area contributed by atoms with Crippen molar-refractivity contribution in [2.24, 2.45) is 10.8 Å². The van der Waals surface area contributed by atoms with E-state index in [-0.39, 0.29) is 35.6 Å². The van der Waals surface area contributed by atoms with Crippen molar-refractivity contribution in [1.82, 2.24) is 9.13 Å². The first kappa shape index (κ1) is 37.5. The molecule has 0 saturated heterocycles. The molecule has 211 valence electrons. The summed E-state index contributed by atoms with van der Waals surface area (Å²) < 4.78 is 9.18. The molecule has 2 aliphatic carbocycles. The average Bonchev–Trinajstić information content (AvgIpc) is 3.05. The van der Waals surface area contributed by atoms with Crippen LogP contribution >= 0.6 is 0 Å². The quantitative estimate of drug-likeness (QED) is 0.211.